The number of benzene rings is 1. The number of hydrogen-bond acceptors (Lipinski definition) is 2. The highest BCUT2D eigenvalue weighted by Crippen LogP contribution is 2.41. The molecule has 1 unspecified atom stereocenters. The van der Waals surface area contributed by atoms with Crippen LogP contribution in [0.15, 0.2) is 4.47 Å². The van der Waals surface area contributed by atoms with E-state index in [9.17, 15) is 0 Å². The van der Waals surface area contributed by atoms with Crippen LogP contribution in [0.1, 0.15) is 42.0 Å². The molecule has 1 aromatic carbocycles. The second kappa shape index (κ2) is 6.07. The highest BCUT2D eigenvalue weighted by Gasteiger charge is 2.24. The lowest BCUT2D eigenvalue weighted by Gasteiger charge is -2.27. The van der Waals surface area contributed by atoms with Gasteiger partial charge >= 0.3 is 0 Å². The Morgan fingerprint density at radius 3 is 2.06 bits per heavy atom. The van der Waals surface area contributed by atoms with Crippen LogP contribution in [0.3, 0.4) is 0 Å². The molecule has 18 heavy (non-hydrogen) atoms. The van der Waals surface area contributed by atoms with Gasteiger partial charge in [-0.15, -0.1) is 0 Å². The quantitative estimate of drug-likeness (QED) is 0.909. The van der Waals surface area contributed by atoms with E-state index in [1.807, 2.05) is 0 Å². The van der Waals surface area contributed by atoms with Crippen LogP contribution in [0, 0.1) is 26.7 Å². The summed E-state index contributed by atoms with van der Waals surface area (Å²) in [6.45, 7) is 11.4. The molecule has 0 aliphatic carbocycles. The first kappa shape index (κ1) is 15.5. The Morgan fingerprint density at radius 1 is 1.11 bits per heavy atom. The van der Waals surface area contributed by atoms with Gasteiger partial charge in [-0.1, -0.05) is 29.8 Å². The van der Waals surface area contributed by atoms with Crippen molar-refractivity contribution in [3.63, 3.8) is 0 Å². The largest absolute Gasteiger partial charge is 0.496 e. The Balaban J connectivity index is 3.60. The van der Waals surface area contributed by atoms with E-state index in [-0.39, 0.29) is 0 Å². The van der Waals surface area contributed by atoms with Gasteiger partial charge in [0.2, 0.25) is 0 Å². The minimum atomic E-state index is 0.329. The van der Waals surface area contributed by atoms with Crippen molar-refractivity contribution in [2.75, 3.05) is 13.7 Å². The van der Waals surface area contributed by atoms with Gasteiger partial charge in [-0.3, -0.25) is 0 Å². The van der Waals surface area contributed by atoms with E-state index in [1.165, 1.54) is 26.7 Å². The van der Waals surface area contributed by atoms with Gasteiger partial charge in [-0.05, 0) is 49.9 Å². The maximum absolute atomic E-state index is 5.97. The summed E-state index contributed by atoms with van der Waals surface area (Å²) >= 11 is 3.69. The topological polar surface area (TPSA) is 35.2 Å². The normalized spacial score (nSPS) is 12.9. The Hall–Kier alpha value is -0.540. The fourth-order valence-electron chi connectivity index (χ4n) is 2.54. The molecular formula is C15H24BrNO. The zero-order valence-electron chi connectivity index (χ0n) is 12.2. The molecule has 0 aliphatic heterocycles. The first-order valence-electron chi connectivity index (χ1n) is 6.39. The third-order valence-electron chi connectivity index (χ3n) is 3.84. The number of hydrogen-bond donors (Lipinski definition) is 1. The summed E-state index contributed by atoms with van der Waals surface area (Å²) in [6.07, 6.45) is 0. The minimum Gasteiger partial charge on any atom is -0.496 e. The average molecular weight is 314 g/mol. The molecule has 0 spiro atoms. The molecule has 102 valence electrons. The van der Waals surface area contributed by atoms with Crippen LogP contribution >= 0.6 is 15.9 Å². The highest BCUT2D eigenvalue weighted by atomic mass is 79.9. The molecule has 1 rings (SSSR count). The zero-order chi connectivity index (χ0) is 14.0. The Labute approximate surface area is 119 Å². The molecule has 0 saturated carbocycles. The van der Waals surface area contributed by atoms with E-state index in [0.29, 0.717) is 18.4 Å². The first-order chi connectivity index (χ1) is 8.36. The van der Waals surface area contributed by atoms with E-state index in [1.54, 1.807) is 7.11 Å². The molecule has 2 N–H and O–H groups in total. The van der Waals surface area contributed by atoms with Crippen molar-refractivity contribution in [2.24, 2.45) is 11.7 Å². The number of methoxy groups -OCH3 is 1. The maximum atomic E-state index is 5.97. The predicted molar refractivity (Wildman–Crippen MR) is 81.5 cm³/mol. The van der Waals surface area contributed by atoms with Crippen molar-refractivity contribution in [1.29, 1.82) is 0 Å². The van der Waals surface area contributed by atoms with Gasteiger partial charge in [-0.25, -0.2) is 0 Å². The maximum Gasteiger partial charge on any atom is 0.125 e. The molecule has 0 aliphatic rings. The number of halogens is 1. The van der Waals surface area contributed by atoms with Crippen molar-refractivity contribution >= 4 is 15.9 Å². The summed E-state index contributed by atoms with van der Waals surface area (Å²) < 4.78 is 6.83. The summed E-state index contributed by atoms with van der Waals surface area (Å²) in [5, 5.41) is 0. The molecule has 2 nitrogen and oxygen atoms in total. The Bertz CT molecular complexity index is 441. The molecule has 0 bridgehead atoms. The second-order valence-electron chi connectivity index (χ2n) is 5.22. The molecular weight excluding hydrogens is 290 g/mol. The molecule has 1 aromatic rings. The molecule has 0 heterocycles. The summed E-state index contributed by atoms with van der Waals surface area (Å²) in [7, 11) is 1.74. The van der Waals surface area contributed by atoms with E-state index in [4.69, 9.17) is 10.5 Å². The van der Waals surface area contributed by atoms with Crippen molar-refractivity contribution < 1.29 is 4.74 Å². The zero-order valence-corrected chi connectivity index (χ0v) is 13.8. The molecule has 1 atom stereocenters. The monoisotopic (exact) mass is 313 g/mol. The number of nitrogens with two attached hydrogens (primary N) is 1. The fraction of sp³-hybridized carbons (Fsp3) is 0.600. The van der Waals surface area contributed by atoms with E-state index in [2.05, 4.69) is 50.5 Å². The van der Waals surface area contributed by atoms with Crippen molar-refractivity contribution in [3.05, 3.63) is 26.7 Å². The van der Waals surface area contributed by atoms with Crippen LogP contribution < -0.4 is 10.5 Å². The van der Waals surface area contributed by atoms with Crippen LogP contribution in [0.25, 0.3) is 0 Å². The summed E-state index contributed by atoms with van der Waals surface area (Å²) in [4.78, 5) is 0. The summed E-state index contributed by atoms with van der Waals surface area (Å²) in [5.41, 5.74) is 10.9. The van der Waals surface area contributed by atoms with E-state index >= 15 is 0 Å². The Kier molecular flexibility index (Phi) is 5.23. The lowest BCUT2D eigenvalue weighted by atomic mass is 9.83. The van der Waals surface area contributed by atoms with Gasteiger partial charge in [0, 0.05) is 16.0 Å². The minimum absolute atomic E-state index is 0.329. The van der Waals surface area contributed by atoms with Crippen LogP contribution in [0.2, 0.25) is 0 Å². The van der Waals surface area contributed by atoms with Gasteiger partial charge in [0.05, 0.1) is 7.11 Å². The Morgan fingerprint density at radius 2 is 1.67 bits per heavy atom. The smallest absolute Gasteiger partial charge is 0.125 e. The second-order valence-corrected chi connectivity index (χ2v) is 6.02. The van der Waals surface area contributed by atoms with Gasteiger partial charge < -0.3 is 10.5 Å². The molecule has 0 aromatic heterocycles. The van der Waals surface area contributed by atoms with Gasteiger partial charge in [0.25, 0.3) is 0 Å². The summed E-state index contributed by atoms with van der Waals surface area (Å²) in [6, 6.07) is 0. The van der Waals surface area contributed by atoms with E-state index in [0.717, 1.165) is 5.75 Å². The van der Waals surface area contributed by atoms with Crippen molar-refractivity contribution in [2.45, 2.75) is 40.5 Å². The molecule has 0 fully saturated rings. The van der Waals surface area contributed by atoms with Gasteiger partial charge in [-0.2, -0.15) is 0 Å². The fourth-order valence-corrected chi connectivity index (χ4v) is 3.05. The summed E-state index contributed by atoms with van der Waals surface area (Å²) in [5.74, 6) is 1.82. The van der Waals surface area contributed by atoms with Gasteiger partial charge in [0.1, 0.15) is 5.75 Å². The van der Waals surface area contributed by atoms with Gasteiger partial charge in [0.15, 0.2) is 0 Å². The number of ether oxygens (including phenoxy) is 1. The standard InChI is InChI=1S/C15H24BrNO/c1-8(2)12(7-17)13-11(5)14(16)9(3)10(4)15(13)18-6/h8,12H,7,17H2,1-6H3. The number of rotatable bonds is 4. The van der Waals surface area contributed by atoms with Crippen molar-refractivity contribution in [1.82, 2.24) is 0 Å². The van der Waals surface area contributed by atoms with Crippen LogP contribution in [0.4, 0.5) is 0 Å². The molecule has 0 saturated heterocycles. The van der Waals surface area contributed by atoms with Crippen LogP contribution in [-0.4, -0.2) is 13.7 Å². The van der Waals surface area contributed by atoms with Crippen LogP contribution in [0.5, 0.6) is 5.75 Å². The third-order valence-corrected chi connectivity index (χ3v) is 5.03. The highest BCUT2D eigenvalue weighted by molar-refractivity contribution is 9.10. The third kappa shape index (κ3) is 2.57. The van der Waals surface area contributed by atoms with E-state index < -0.39 is 0 Å². The lowest BCUT2D eigenvalue weighted by Crippen LogP contribution is -2.20. The average Bonchev–Trinajstić information content (AvgIpc) is 2.33. The van der Waals surface area contributed by atoms with Crippen molar-refractivity contribution in [3.8, 4) is 5.75 Å². The lowest BCUT2D eigenvalue weighted by molar-refractivity contribution is 0.391. The predicted octanol–water partition coefficient (Wildman–Crippen LogP) is 4.08. The first-order valence-corrected chi connectivity index (χ1v) is 7.19. The SMILES string of the molecule is COc1c(C)c(C)c(Br)c(C)c1C(CN)C(C)C. The molecule has 0 amide bonds. The molecule has 0 radical (unpaired) electrons. The van der Waals surface area contributed by atoms with Crippen LogP contribution in [-0.2, 0) is 0 Å². The molecule has 3 heteroatoms.